The molecule has 1 aromatic rings. The molecule has 1 aliphatic carbocycles. The van der Waals surface area contributed by atoms with Crippen molar-refractivity contribution in [3.8, 4) is 0 Å². The van der Waals surface area contributed by atoms with E-state index in [0.717, 1.165) is 46.9 Å². The Hall–Kier alpha value is -0.430. The molecule has 5 heteroatoms. The van der Waals surface area contributed by atoms with E-state index in [4.69, 9.17) is 4.74 Å². The van der Waals surface area contributed by atoms with Crippen LogP contribution in [0.2, 0.25) is 0 Å². The van der Waals surface area contributed by atoms with Crippen LogP contribution in [-0.4, -0.2) is 29.7 Å². The summed E-state index contributed by atoms with van der Waals surface area (Å²) in [7, 11) is 0. The van der Waals surface area contributed by atoms with E-state index in [1.54, 1.807) is 6.33 Å². The average molecular weight is 317 g/mol. The van der Waals surface area contributed by atoms with Crippen LogP contribution in [0.4, 0.5) is 5.82 Å². The van der Waals surface area contributed by atoms with Gasteiger partial charge in [-0.1, -0.05) is 0 Å². The van der Waals surface area contributed by atoms with Crippen LogP contribution >= 0.6 is 22.6 Å². The number of anilines is 1. The third kappa shape index (κ3) is 1.82. The van der Waals surface area contributed by atoms with Crippen molar-refractivity contribution in [2.24, 2.45) is 17.8 Å². The molecule has 0 aromatic carbocycles. The van der Waals surface area contributed by atoms with Crippen molar-refractivity contribution >= 4 is 28.4 Å². The van der Waals surface area contributed by atoms with E-state index in [1.807, 2.05) is 6.20 Å². The van der Waals surface area contributed by atoms with Crippen LogP contribution in [0.1, 0.15) is 0 Å². The van der Waals surface area contributed by atoms with Gasteiger partial charge in [-0.15, -0.1) is 0 Å². The molecule has 80 valence electrons. The van der Waals surface area contributed by atoms with Crippen molar-refractivity contribution in [1.29, 1.82) is 0 Å². The number of fused-ring (bicyclic) bond motifs is 1. The molecule has 2 atom stereocenters. The molecule has 0 radical (unpaired) electrons. The van der Waals surface area contributed by atoms with E-state index in [-0.39, 0.29) is 0 Å². The highest BCUT2D eigenvalue weighted by Gasteiger charge is 2.53. The Balaban J connectivity index is 1.57. The molecular formula is C10H12IN3O. The van der Waals surface area contributed by atoms with Gasteiger partial charge in [-0.3, -0.25) is 0 Å². The molecule has 0 bridgehead atoms. The van der Waals surface area contributed by atoms with E-state index in [9.17, 15) is 0 Å². The number of nitrogens with one attached hydrogen (secondary N) is 1. The van der Waals surface area contributed by atoms with E-state index in [1.165, 1.54) is 0 Å². The highest BCUT2D eigenvalue weighted by atomic mass is 127. The molecule has 1 saturated heterocycles. The first kappa shape index (κ1) is 9.77. The second-order valence-electron chi connectivity index (χ2n) is 4.13. The van der Waals surface area contributed by atoms with Crippen LogP contribution in [0.25, 0.3) is 0 Å². The van der Waals surface area contributed by atoms with Gasteiger partial charge >= 0.3 is 0 Å². The number of ether oxygens (including phenoxy) is 1. The summed E-state index contributed by atoms with van der Waals surface area (Å²) in [6.07, 6.45) is 3.41. The molecular weight excluding hydrogens is 305 g/mol. The molecule has 4 nitrogen and oxygen atoms in total. The maximum absolute atomic E-state index is 5.36. The van der Waals surface area contributed by atoms with E-state index in [2.05, 4.69) is 37.9 Å². The van der Waals surface area contributed by atoms with Gasteiger partial charge in [0.1, 0.15) is 12.1 Å². The second kappa shape index (κ2) is 3.86. The summed E-state index contributed by atoms with van der Waals surface area (Å²) in [5, 5.41) is 3.39. The third-order valence-electron chi connectivity index (χ3n) is 3.30. The minimum atomic E-state index is 0.796. The van der Waals surface area contributed by atoms with Gasteiger partial charge in [-0.2, -0.15) is 0 Å². The van der Waals surface area contributed by atoms with Crippen LogP contribution in [0, 0.1) is 21.3 Å². The molecule has 1 saturated carbocycles. The lowest BCUT2D eigenvalue weighted by atomic mass is 10.3. The highest BCUT2D eigenvalue weighted by Crippen LogP contribution is 2.50. The number of hydrogen-bond acceptors (Lipinski definition) is 4. The molecule has 1 aromatic heterocycles. The lowest BCUT2D eigenvalue weighted by Gasteiger charge is -2.08. The first-order valence-corrected chi connectivity index (χ1v) is 6.21. The standard InChI is InChI=1S/C10H12IN3O/c11-9-2-12-5-14-10(9)13-1-6-7-3-15-4-8(6)7/h2,5-8H,1,3-4H2,(H,12,13,14). The predicted molar refractivity (Wildman–Crippen MR) is 64.5 cm³/mol. The summed E-state index contributed by atoms with van der Waals surface area (Å²) >= 11 is 2.25. The van der Waals surface area contributed by atoms with Gasteiger partial charge in [0, 0.05) is 12.7 Å². The number of hydrogen-bond donors (Lipinski definition) is 1. The second-order valence-corrected chi connectivity index (χ2v) is 5.29. The monoisotopic (exact) mass is 317 g/mol. The van der Waals surface area contributed by atoms with Gasteiger partial charge in [-0.25, -0.2) is 9.97 Å². The van der Waals surface area contributed by atoms with Crippen molar-refractivity contribution in [2.45, 2.75) is 0 Å². The third-order valence-corrected chi connectivity index (χ3v) is 4.09. The summed E-state index contributed by atoms with van der Waals surface area (Å²) in [6.45, 7) is 2.93. The minimum Gasteiger partial charge on any atom is -0.381 e. The van der Waals surface area contributed by atoms with Gasteiger partial charge in [-0.05, 0) is 40.3 Å². The fourth-order valence-corrected chi connectivity index (χ4v) is 2.81. The smallest absolute Gasteiger partial charge is 0.142 e. The van der Waals surface area contributed by atoms with Crippen molar-refractivity contribution in [3.63, 3.8) is 0 Å². The number of nitrogens with zero attached hydrogens (tertiary/aromatic N) is 2. The molecule has 1 N–H and O–H groups in total. The topological polar surface area (TPSA) is 47.0 Å². The summed E-state index contributed by atoms with van der Waals surface area (Å²) < 4.78 is 6.44. The molecule has 0 spiro atoms. The zero-order valence-electron chi connectivity index (χ0n) is 8.19. The molecule has 2 heterocycles. The molecule has 2 fully saturated rings. The normalized spacial score (nSPS) is 32.5. The number of halogens is 1. The Morgan fingerprint density at radius 1 is 1.47 bits per heavy atom. The quantitative estimate of drug-likeness (QED) is 0.856. The zero-order valence-corrected chi connectivity index (χ0v) is 10.3. The van der Waals surface area contributed by atoms with Gasteiger partial charge in [0.15, 0.2) is 0 Å². The molecule has 15 heavy (non-hydrogen) atoms. The van der Waals surface area contributed by atoms with Crippen LogP contribution in [-0.2, 0) is 4.74 Å². The van der Waals surface area contributed by atoms with Gasteiger partial charge in [0.05, 0.1) is 16.8 Å². The van der Waals surface area contributed by atoms with E-state index < -0.39 is 0 Å². The molecule has 2 aliphatic rings. The van der Waals surface area contributed by atoms with Crippen LogP contribution in [0.3, 0.4) is 0 Å². The first-order chi connectivity index (χ1) is 7.36. The van der Waals surface area contributed by atoms with Crippen LogP contribution in [0.5, 0.6) is 0 Å². The molecule has 1 aliphatic heterocycles. The Morgan fingerprint density at radius 3 is 3.00 bits per heavy atom. The summed E-state index contributed by atoms with van der Waals surface area (Å²) in [5.74, 6) is 3.36. The van der Waals surface area contributed by atoms with Gasteiger partial charge in [0.2, 0.25) is 0 Å². The maximum atomic E-state index is 5.36. The lowest BCUT2D eigenvalue weighted by molar-refractivity contribution is 0.153. The molecule has 2 unspecified atom stereocenters. The van der Waals surface area contributed by atoms with Crippen molar-refractivity contribution in [1.82, 2.24) is 9.97 Å². The van der Waals surface area contributed by atoms with Crippen molar-refractivity contribution < 1.29 is 4.74 Å². The Bertz CT molecular complexity index is 363. The number of rotatable bonds is 3. The van der Waals surface area contributed by atoms with Gasteiger partial charge < -0.3 is 10.1 Å². The minimum absolute atomic E-state index is 0.796. The fourth-order valence-electron chi connectivity index (χ4n) is 2.32. The Labute approximate surface area is 102 Å². The van der Waals surface area contributed by atoms with Crippen molar-refractivity contribution in [2.75, 3.05) is 25.1 Å². The molecule has 3 rings (SSSR count). The fraction of sp³-hybridized carbons (Fsp3) is 0.600. The average Bonchev–Trinajstić information content (AvgIpc) is 2.71. The number of aromatic nitrogens is 2. The Morgan fingerprint density at radius 2 is 2.27 bits per heavy atom. The molecule has 0 amide bonds. The van der Waals surface area contributed by atoms with Crippen molar-refractivity contribution in [3.05, 3.63) is 16.1 Å². The predicted octanol–water partition coefficient (Wildman–Crippen LogP) is 1.39. The van der Waals surface area contributed by atoms with Crippen LogP contribution < -0.4 is 5.32 Å². The summed E-state index contributed by atoms with van der Waals surface area (Å²) in [6, 6.07) is 0. The summed E-state index contributed by atoms with van der Waals surface area (Å²) in [4.78, 5) is 8.18. The first-order valence-electron chi connectivity index (χ1n) is 5.13. The largest absolute Gasteiger partial charge is 0.381 e. The lowest BCUT2D eigenvalue weighted by Crippen LogP contribution is -2.11. The van der Waals surface area contributed by atoms with E-state index >= 15 is 0 Å². The van der Waals surface area contributed by atoms with Gasteiger partial charge in [0.25, 0.3) is 0 Å². The van der Waals surface area contributed by atoms with E-state index in [0.29, 0.717) is 0 Å². The summed E-state index contributed by atoms with van der Waals surface area (Å²) in [5.41, 5.74) is 0. The Kier molecular flexibility index (Phi) is 2.51. The SMILES string of the molecule is Ic1cncnc1NCC1C2COCC12. The zero-order chi connectivity index (χ0) is 10.3. The maximum Gasteiger partial charge on any atom is 0.142 e. The highest BCUT2D eigenvalue weighted by molar-refractivity contribution is 14.1. The van der Waals surface area contributed by atoms with Crippen LogP contribution in [0.15, 0.2) is 12.5 Å².